The molecule has 0 bridgehead atoms. The Morgan fingerprint density at radius 3 is 2.52 bits per heavy atom. The number of nitrogens with one attached hydrogen (secondary N) is 2. The number of benzene rings is 1. The molecule has 1 amide bonds. The molecule has 3 aliphatic rings. The highest BCUT2D eigenvalue weighted by molar-refractivity contribution is 6.49. The predicted molar refractivity (Wildman–Crippen MR) is 122 cm³/mol. The summed E-state index contributed by atoms with van der Waals surface area (Å²) in [6.45, 7) is 2.89. The molecule has 0 unspecified atom stereocenters. The number of fused-ring (bicyclic) bond motifs is 1. The van der Waals surface area contributed by atoms with Gasteiger partial charge < -0.3 is 9.80 Å². The summed E-state index contributed by atoms with van der Waals surface area (Å²) in [4.78, 5) is 27.0. The van der Waals surface area contributed by atoms with Gasteiger partial charge in [0.1, 0.15) is 5.82 Å². The Hall–Kier alpha value is -3.35. The molecule has 1 aromatic carbocycles. The molecular weight excluding hydrogens is 388 g/mol. The van der Waals surface area contributed by atoms with E-state index in [1.165, 1.54) is 0 Å². The van der Waals surface area contributed by atoms with Gasteiger partial charge >= 0.3 is 0 Å². The number of hydrogen-bond acceptors (Lipinski definition) is 6. The second-order valence-corrected chi connectivity index (χ2v) is 8.69. The Kier molecular flexibility index (Phi) is 4.88. The fourth-order valence-corrected chi connectivity index (χ4v) is 4.94. The first kappa shape index (κ1) is 19.6. The lowest BCUT2D eigenvalue weighted by atomic mass is 9.71. The average Bonchev–Trinajstić information content (AvgIpc) is 2.80. The third-order valence-electron chi connectivity index (χ3n) is 6.76. The summed E-state index contributed by atoms with van der Waals surface area (Å²) >= 11 is 0. The minimum atomic E-state index is -0.293. The van der Waals surface area contributed by atoms with Crippen LogP contribution < -0.4 is 4.90 Å². The lowest BCUT2D eigenvalue weighted by Gasteiger charge is -2.46. The first-order chi connectivity index (χ1) is 15.0. The molecule has 5 rings (SSSR count). The predicted octanol–water partition coefficient (Wildman–Crippen LogP) is 3.37. The number of anilines is 1. The fourth-order valence-electron chi connectivity index (χ4n) is 4.94. The molecule has 0 saturated carbocycles. The van der Waals surface area contributed by atoms with E-state index >= 15 is 0 Å². The third-order valence-corrected chi connectivity index (χ3v) is 6.76. The van der Waals surface area contributed by atoms with E-state index in [2.05, 4.69) is 9.88 Å². The van der Waals surface area contributed by atoms with Crippen LogP contribution in [0.4, 0.5) is 5.82 Å². The van der Waals surface area contributed by atoms with Gasteiger partial charge in [0.05, 0.1) is 34.1 Å². The second-order valence-electron chi connectivity index (χ2n) is 8.69. The molecule has 7 nitrogen and oxygen atoms in total. The number of para-hydroxylation sites is 2. The zero-order chi connectivity index (χ0) is 21.4. The van der Waals surface area contributed by atoms with Crippen LogP contribution in [0.1, 0.15) is 25.7 Å². The van der Waals surface area contributed by atoms with Crippen LogP contribution >= 0.6 is 0 Å². The maximum absolute atomic E-state index is 13.5. The Morgan fingerprint density at radius 1 is 0.968 bits per heavy atom. The molecule has 2 aliphatic heterocycles. The number of aromatic nitrogens is 2. The van der Waals surface area contributed by atoms with Crippen molar-refractivity contribution in [2.45, 2.75) is 25.7 Å². The molecule has 2 N–H and O–H groups in total. The van der Waals surface area contributed by atoms with Crippen LogP contribution in [0.2, 0.25) is 0 Å². The van der Waals surface area contributed by atoms with Crippen molar-refractivity contribution in [2.24, 2.45) is 5.41 Å². The topological polar surface area (TPSA) is 97.0 Å². The van der Waals surface area contributed by atoms with E-state index in [0.717, 1.165) is 67.7 Å². The first-order valence-electron chi connectivity index (χ1n) is 10.9. The number of carbonyl (C=O) groups is 1. The minimum Gasteiger partial charge on any atom is -0.355 e. The molecule has 2 fully saturated rings. The molecule has 0 radical (unpaired) electrons. The van der Waals surface area contributed by atoms with Gasteiger partial charge in [-0.2, -0.15) is 0 Å². The normalized spacial score (nSPS) is 21.2. The smallest absolute Gasteiger partial charge is 0.229 e. The van der Waals surface area contributed by atoms with Crippen LogP contribution in [0.5, 0.6) is 0 Å². The van der Waals surface area contributed by atoms with Crippen LogP contribution in [-0.4, -0.2) is 58.4 Å². The summed E-state index contributed by atoms with van der Waals surface area (Å²) in [6, 6.07) is 7.89. The number of likely N-dealkylation sites (tertiary alicyclic amines) is 1. The highest BCUT2D eigenvalue weighted by Gasteiger charge is 2.45. The summed E-state index contributed by atoms with van der Waals surface area (Å²) in [6.07, 6.45) is 10.6. The Labute approximate surface area is 181 Å². The fraction of sp³-hybridized carbons (Fsp3) is 0.375. The van der Waals surface area contributed by atoms with Crippen LogP contribution in [0.15, 0.2) is 54.3 Å². The molecule has 31 heavy (non-hydrogen) atoms. The Morgan fingerprint density at radius 2 is 1.74 bits per heavy atom. The zero-order valence-corrected chi connectivity index (χ0v) is 17.5. The number of hydrogen-bond donors (Lipinski definition) is 2. The molecule has 7 heteroatoms. The van der Waals surface area contributed by atoms with E-state index < -0.39 is 0 Å². The summed E-state index contributed by atoms with van der Waals surface area (Å²) in [5, 5.41) is 15.5. The van der Waals surface area contributed by atoms with Crippen LogP contribution in [0.25, 0.3) is 11.0 Å². The van der Waals surface area contributed by atoms with E-state index in [4.69, 9.17) is 15.8 Å². The van der Waals surface area contributed by atoms with Crippen molar-refractivity contribution in [3.63, 3.8) is 0 Å². The number of amides is 1. The third kappa shape index (κ3) is 3.65. The van der Waals surface area contributed by atoms with Gasteiger partial charge in [-0.05, 0) is 55.5 Å². The van der Waals surface area contributed by atoms with Gasteiger partial charge in [-0.1, -0.05) is 18.2 Å². The zero-order valence-electron chi connectivity index (χ0n) is 17.5. The van der Waals surface area contributed by atoms with E-state index in [9.17, 15) is 4.79 Å². The first-order valence-corrected chi connectivity index (χ1v) is 10.9. The van der Waals surface area contributed by atoms with Crippen molar-refractivity contribution < 1.29 is 4.79 Å². The van der Waals surface area contributed by atoms with Gasteiger partial charge in [-0.25, -0.2) is 4.98 Å². The van der Waals surface area contributed by atoms with Crippen molar-refractivity contribution in [1.29, 1.82) is 10.8 Å². The van der Waals surface area contributed by atoms with E-state index in [1.807, 2.05) is 41.4 Å². The number of piperidine rings is 2. The van der Waals surface area contributed by atoms with Crippen molar-refractivity contribution in [3.05, 3.63) is 54.3 Å². The second kappa shape index (κ2) is 7.72. The number of carbonyl (C=O) groups excluding carboxylic acids is 1. The number of rotatable bonds is 3. The molecule has 158 valence electrons. The maximum atomic E-state index is 13.5. The van der Waals surface area contributed by atoms with E-state index in [1.54, 1.807) is 12.2 Å². The summed E-state index contributed by atoms with van der Waals surface area (Å²) < 4.78 is 0. The molecule has 0 atom stereocenters. The standard InChI is InChI=1S/C24H26N6O/c25-18-7-6-17(14-19(18)26)16-30-11-3-8-24(23(30)31)9-12-29(13-10-24)22-15-27-20-4-1-2-5-21(20)28-22/h1-2,4-7,14-15,25-26H,3,8-13,16H2. The molecule has 3 heterocycles. The Balaban J connectivity index is 1.28. The Bertz CT molecular complexity index is 1130. The SMILES string of the molecule is N=C1C=CC(CN2CCCC3(CCN(c4cnc5ccccc5n4)CC3)C2=O)=CC1=N. The number of allylic oxidation sites excluding steroid dienone is 2. The van der Waals surface area contributed by atoms with Crippen molar-refractivity contribution in [1.82, 2.24) is 14.9 Å². The van der Waals surface area contributed by atoms with Crippen LogP contribution in [0, 0.1) is 16.2 Å². The summed E-state index contributed by atoms with van der Waals surface area (Å²) in [7, 11) is 0. The van der Waals surface area contributed by atoms with Gasteiger partial charge in [0.25, 0.3) is 0 Å². The molecule has 1 aliphatic carbocycles. The minimum absolute atomic E-state index is 0.210. The van der Waals surface area contributed by atoms with Gasteiger partial charge in [-0.3, -0.25) is 20.6 Å². The molecule has 1 spiro atoms. The largest absolute Gasteiger partial charge is 0.355 e. The lowest BCUT2D eigenvalue weighted by molar-refractivity contribution is -0.147. The van der Waals surface area contributed by atoms with Gasteiger partial charge in [0, 0.05) is 26.2 Å². The van der Waals surface area contributed by atoms with Crippen molar-refractivity contribution in [2.75, 3.05) is 31.1 Å². The summed E-state index contributed by atoms with van der Waals surface area (Å²) in [5.41, 5.74) is 2.85. The van der Waals surface area contributed by atoms with Crippen LogP contribution in [0.3, 0.4) is 0 Å². The summed E-state index contributed by atoms with van der Waals surface area (Å²) in [5.74, 6) is 1.12. The van der Waals surface area contributed by atoms with Gasteiger partial charge in [-0.15, -0.1) is 0 Å². The molecular formula is C24H26N6O. The van der Waals surface area contributed by atoms with Gasteiger partial charge in [0.2, 0.25) is 5.91 Å². The number of nitrogens with zero attached hydrogens (tertiary/aromatic N) is 4. The molecule has 2 saturated heterocycles. The lowest BCUT2D eigenvalue weighted by Crippen LogP contribution is -2.54. The highest BCUT2D eigenvalue weighted by atomic mass is 16.2. The molecule has 1 aromatic heterocycles. The van der Waals surface area contributed by atoms with Gasteiger partial charge in [0.15, 0.2) is 0 Å². The average molecular weight is 415 g/mol. The maximum Gasteiger partial charge on any atom is 0.229 e. The monoisotopic (exact) mass is 414 g/mol. The molecule has 2 aromatic rings. The van der Waals surface area contributed by atoms with E-state index in [0.29, 0.717) is 6.54 Å². The highest BCUT2D eigenvalue weighted by Crippen LogP contribution is 2.42. The van der Waals surface area contributed by atoms with E-state index in [-0.39, 0.29) is 22.7 Å². The quantitative estimate of drug-likeness (QED) is 0.753. The van der Waals surface area contributed by atoms with Crippen molar-refractivity contribution in [3.8, 4) is 0 Å². The van der Waals surface area contributed by atoms with Crippen molar-refractivity contribution >= 4 is 34.2 Å². The van der Waals surface area contributed by atoms with Crippen LogP contribution in [-0.2, 0) is 4.79 Å².